The summed E-state index contributed by atoms with van der Waals surface area (Å²) in [5, 5.41) is 12.0. The molecule has 0 radical (unpaired) electrons. The van der Waals surface area contributed by atoms with Crippen LogP contribution >= 0.6 is 0 Å². The third-order valence-electron chi connectivity index (χ3n) is 3.17. The van der Waals surface area contributed by atoms with Crippen molar-refractivity contribution >= 4 is 5.82 Å². The topological polar surface area (TPSA) is 95.7 Å². The normalized spacial score (nSPS) is 15.9. The molecule has 7 nitrogen and oxygen atoms in total. The summed E-state index contributed by atoms with van der Waals surface area (Å²) in [6, 6.07) is 0. The van der Waals surface area contributed by atoms with E-state index < -0.39 is 0 Å². The first-order chi connectivity index (χ1) is 8.95. The van der Waals surface area contributed by atoms with E-state index >= 15 is 0 Å². The summed E-state index contributed by atoms with van der Waals surface area (Å²) in [4.78, 5) is 4.40. The lowest BCUT2D eigenvalue weighted by atomic mass is 9.97. The second kappa shape index (κ2) is 4.04. The van der Waals surface area contributed by atoms with Gasteiger partial charge in [0.15, 0.2) is 11.6 Å². The molecule has 7 heteroatoms. The highest BCUT2D eigenvalue weighted by molar-refractivity contribution is 5.38. The minimum absolute atomic E-state index is 0.147. The third kappa shape index (κ3) is 2.32. The van der Waals surface area contributed by atoms with Crippen molar-refractivity contribution in [3.05, 3.63) is 17.4 Å². The zero-order valence-electron chi connectivity index (χ0n) is 11.4. The number of hydrogen-bond donors (Lipinski definition) is 1. The molecule has 2 aromatic rings. The second-order valence-electron chi connectivity index (χ2n) is 6.06. The molecule has 0 amide bonds. The number of nitrogens with zero attached hydrogens (tertiary/aromatic N) is 5. The predicted molar refractivity (Wildman–Crippen MR) is 68.5 cm³/mol. The molecular formula is C12H18N6O. The van der Waals surface area contributed by atoms with E-state index in [4.69, 9.17) is 10.3 Å². The first kappa shape index (κ1) is 12.1. The van der Waals surface area contributed by atoms with E-state index in [9.17, 15) is 0 Å². The monoisotopic (exact) mass is 262 g/mol. The fourth-order valence-corrected chi connectivity index (χ4v) is 1.98. The quantitative estimate of drug-likeness (QED) is 0.899. The lowest BCUT2D eigenvalue weighted by Crippen LogP contribution is -2.12. The van der Waals surface area contributed by atoms with Crippen LogP contribution in [0.15, 0.2) is 4.52 Å². The molecule has 0 unspecified atom stereocenters. The Morgan fingerprint density at radius 2 is 2.11 bits per heavy atom. The van der Waals surface area contributed by atoms with E-state index in [1.54, 1.807) is 4.68 Å². The minimum Gasteiger partial charge on any atom is -0.381 e. The number of hydrogen-bond acceptors (Lipinski definition) is 6. The molecule has 1 aliphatic carbocycles. The van der Waals surface area contributed by atoms with Gasteiger partial charge in [0, 0.05) is 11.3 Å². The SMILES string of the molecule is CC(C)(C)c1nc(Cn2nnc(N)c2C2CC2)no1. The maximum atomic E-state index is 5.85. The van der Waals surface area contributed by atoms with Gasteiger partial charge in [-0.05, 0) is 12.8 Å². The van der Waals surface area contributed by atoms with Gasteiger partial charge < -0.3 is 10.3 Å². The van der Waals surface area contributed by atoms with Crippen LogP contribution in [0.2, 0.25) is 0 Å². The van der Waals surface area contributed by atoms with Crippen molar-refractivity contribution in [3.63, 3.8) is 0 Å². The van der Waals surface area contributed by atoms with Crippen LogP contribution in [0.25, 0.3) is 0 Å². The number of rotatable bonds is 3. The van der Waals surface area contributed by atoms with Gasteiger partial charge in [0.25, 0.3) is 0 Å². The molecule has 0 spiro atoms. The molecule has 1 saturated carbocycles. The van der Waals surface area contributed by atoms with Gasteiger partial charge in [-0.3, -0.25) is 0 Å². The summed E-state index contributed by atoms with van der Waals surface area (Å²) in [6.07, 6.45) is 2.30. The Balaban J connectivity index is 1.84. The minimum atomic E-state index is -0.147. The van der Waals surface area contributed by atoms with Crippen LogP contribution in [-0.2, 0) is 12.0 Å². The lowest BCUT2D eigenvalue weighted by molar-refractivity contribution is 0.317. The maximum Gasteiger partial charge on any atom is 0.232 e. The molecule has 1 aliphatic rings. The van der Waals surface area contributed by atoms with Crippen LogP contribution < -0.4 is 5.73 Å². The standard InChI is InChI=1S/C12H18N6O/c1-12(2,3)11-14-8(16-19-11)6-18-9(7-4-5-7)10(13)15-17-18/h7H,4-6,13H2,1-3H3. The summed E-state index contributed by atoms with van der Waals surface area (Å²) in [7, 11) is 0. The Morgan fingerprint density at radius 1 is 1.37 bits per heavy atom. The molecular weight excluding hydrogens is 244 g/mol. The van der Waals surface area contributed by atoms with Gasteiger partial charge in [0.1, 0.15) is 6.54 Å². The second-order valence-corrected chi connectivity index (χ2v) is 6.06. The van der Waals surface area contributed by atoms with Crippen LogP contribution in [0.3, 0.4) is 0 Å². The summed E-state index contributed by atoms with van der Waals surface area (Å²) in [5.74, 6) is 2.24. The molecule has 102 valence electrons. The molecule has 0 aromatic carbocycles. The van der Waals surface area contributed by atoms with Gasteiger partial charge in [-0.2, -0.15) is 4.98 Å². The fourth-order valence-electron chi connectivity index (χ4n) is 1.98. The smallest absolute Gasteiger partial charge is 0.232 e. The number of nitrogens with two attached hydrogens (primary N) is 1. The molecule has 0 aliphatic heterocycles. The zero-order valence-corrected chi connectivity index (χ0v) is 11.4. The van der Waals surface area contributed by atoms with E-state index in [0.717, 1.165) is 18.5 Å². The molecule has 2 N–H and O–H groups in total. The van der Waals surface area contributed by atoms with Gasteiger partial charge >= 0.3 is 0 Å². The summed E-state index contributed by atoms with van der Waals surface area (Å²) in [5.41, 5.74) is 6.71. The van der Waals surface area contributed by atoms with Crippen LogP contribution in [0.1, 0.15) is 56.9 Å². The Bertz CT molecular complexity index is 590. The molecule has 19 heavy (non-hydrogen) atoms. The summed E-state index contributed by atoms with van der Waals surface area (Å²) < 4.78 is 7.05. The molecule has 0 atom stereocenters. The number of aromatic nitrogens is 5. The average molecular weight is 262 g/mol. The van der Waals surface area contributed by atoms with Gasteiger partial charge in [-0.1, -0.05) is 31.1 Å². The highest BCUT2D eigenvalue weighted by Crippen LogP contribution is 2.42. The Kier molecular flexibility index (Phi) is 2.58. The van der Waals surface area contributed by atoms with Crippen molar-refractivity contribution in [1.82, 2.24) is 25.1 Å². The zero-order chi connectivity index (χ0) is 13.6. The first-order valence-electron chi connectivity index (χ1n) is 6.47. The van der Waals surface area contributed by atoms with Crippen LogP contribution in [0.5, 0.6) is 0 Å². The van der Waals surface area contributed by atoms with Crippen LogP contribution in [-0.4, -0.2) is 25.1 Å². The van der Waals surface area contributed by atoms with Crippen LogP contribution in [0.4, 0.5) is 5.82 Å². The number of anilines is 1. The fraction of sp³-hybridized carbons (Fsp3) is 0.667. The molecule has 0 bridgehead atoms. The lowest BCUT2D eigenvalue weighted by Gasteiger charge is -2.10. The van der Waals surface area contributed by atoms with Gasteiger partial charge in [0.2, 0.25) is 5.89 Å². The molecule has 3 rings (SSSR count). The van der Waals surface area contributed by atoms with E-state index in [1.807, 2.05) is 20.8 Å². The first-order valence-corrected chi connectivity index (χ1v) is 6.47. The van der Waals surface area contributed by atoms with E-state index in [-0.39, 0.29) is 5.41 Å². The Labute approximate surface area is 111 Å². The average Bonchev–Trinajstić information content (AvgIpc) is 2.91. The highest BCUT2D eigenvalue weighted by Gasteiger charge is 2.31. The molecule has 2 aromatic heterocycles. The highest BCUT2D eigenvalue weighted by atomic mass is 16.5. The van der Waals surface area contributed by atoms with Crippen molar-refractivity contribution in [2.45, 2.75) is 51.5 Å². The maximum absolute atomic E-state index is 5.85. The van der Waals surface area contributed by atoms with E-state index in [0.29, 0.717) is 30.0 Å². The Morgan fingerprint density at radius 3 is 2.68 bits per heavy atom. The number of nitrogen functional groups attached to an aromatic ring is 1. The van der Waals surface area contributed by atoms with E-state index in [1.165, 1.54) is 0 Å². The largest absolute Gasteiger partial charge is 0.381 e. The van der Waals surface area contributed by atoms with Crippen LogP contribution in [0, 0.1) is 0 Å². The molecule has 0 saturated heterocycles. The summed E-state index contributed by atoms with van der Waals surface area (Å²) in [6.45, 7) is 6.56. The van der Waals surface area contributed by atoms with Crippen molar-refractivity contribution in [2.24, 2.45) is 0 Å². The van der Waals surface area contributed by atoms with Gasteiger partial charge in [-0.15, -0.1) is 5.10 Å². The Hall–Kier alpha value is -1.92. The van der Waals surface area contributed by atoms with Gasteiger partial charge in [-0.25, -0.2) is 4.68 Å². The van der Waals surface area contributed by atoms with Crippen molar-refractivity contribution < 1.29 is 4.52 Å². The third-order valence-corrected chi connectivity index (χ3v) is 3.17. The predicted octanol–water partition coefficient (Wildman–Crippen LogP) is 1.47. The van der Waals surface area contributed by atoms with Crippen molar-refractivity contribution in [1.29, 1.82) is 0 Å². The van der Waals surface area contributed by atoms with E-state index in [2.05, 4.69) is 20.5 Å². The molecule has 2 heterocycles. The molecule has 1 fully saturated rings. The van der Waals surface area contributed by atoms with Gasteiger partial charge in [0.05, 0.1) is 5.69 Å². The van der Waals surface area contributed by atoms with Crippen molar-refractivity contribution in [2.75, 3.05) is 5.73 Å². The summed E-state index contributed by atoms with van der Waals surface area (Å²) >= 11 is 0. The van der Waals surface area contributed by atoms with Crippen molar-refractivity contribution in [3.8, 4) is 0 Å².